The molecule has 0 aliphatic carbocycles. The fraction of sp³-hybridized carbons (Fsp3) is 0.520. The topological polar surface area (TPSA) is 75.9 Å². The second kappa shape index (κ2) is 9.27. The molecule has 5 heterocycles. The van der Waals surface area contributed by atoms with Crippen molar-refractivity contribution in [1.82, 2.24) is 24.8 Å². The lowest BCUT2D eigenvalue weighted by molar-refractivity contribution is 0.0952. The third kappa shape index (κ3) is 4.33. The highest BCUT2D eigenvalue weighted by molar-refractivity contribution is 6.04. The summed E-state index contributed by atoms with van der Waals surface area (Å²) in [5, 5.41) is 3.07. The minimum absolute atomic E-state index is 0.106. The number of nitrogens with one attached hydrogen (secondary N) is 1. The van der Waals surface area contributed by atoms with Gasteiger partial charge in [0.25, 0.3) is 5.91 Å². The van der Waals surface area contributed by atoms with Gasteiger partial charge in [-0.1, -0.05) is 25.3 Å². The zero-order valence-corrected chi connectivity index (χ0v) is 18.9. The van der Waals surface area contributed by atoms with Crippen LogP contribution in [0.1, 0.15) is 72.4 Å². The van der Waals surface area contributed by atoms with Crippen molar-refractivity contribution in [2.45, 2.75) is 71.4 Å². The third-order valence-electron chi connectivity index (χ3n) is 6.63. The molecule has 3 aromatic heterocycles. The van der Waals surface area contributed by atoms with Crippen molar-refractivity contribution in [2.24, 2.45) is 0 Å². The number of rotatable bonds is 4. The van der Waals surface area contributed by atoms with Crippen molar-refractivity contribution in [3.63, 3.8) is 0 Å². The summed E-state index contributed by atoms with van der Waals surface area (Å²) in [5.74, 6) is 1.98. The lowest BCUT2D eigenvalue weighted by Crippen LogP contribution is -2.25. The molecule has 5 rings (SSSR count). The van der Waals surface area contributed by atoms with Crippen molar-refractivity contribution in [3.05, 3.63) is 47.0 Å². The molecule has 0 aromatic carbocycles. The number of carbonyl (C=O) groups excluding carboxylic acids is 1. The molecule has 1 amide bonds. The zero-order chi connectivity index (χ0) is 21.9. The smallest absolute Gasteiger partial charge is 0.253 e. The van der Waals surface area contributed by atoms with Gasteiger partial charge in [-0.05, 0) is 50.3 Å². The average Bonchev–Trinajstić information content (AvgIpc) is 3.03. The van der Waals surface area contributed by atoms with Crippen LogP contribution >= 0.6 is 0 Å². The quantitative estimate of drug-likeness (QED) is 0.670. The Hall–Kier alpha value is -2.96. The Kier molecular flexibility index (Phi) is 6.06. The summed E-state index contributed by atoms with van der Waals surface area (Å²) in [6.45, 7) is 5.48. The number of nitrogens with zero attached hydrogens (tertiary/aromatic N) is 5. The highest BCUT2D eigenvalue weighted by Gasteiger charge is 2.21. The Morgan fingerprint density at radius 2 is 1.78 bits per heavy atom. The summed E-state index contributed by atoms with van der Waals surface area (Å²) in [4.78, 5) is 29.7. The molecule has 3 aromatic rings. The maximum absolute atomic E-state index is 13.1. The molecule has 7 heteroatoms. The Morgan fingerprint density at radius 3 is 2.56 bits per heavy atom. The number of anilines is 1. The second-order valence-electron chi connectivity index (χ2n) is 9.08. The predicted octanol–water partition coefficient (Wildman–Crippen LogP) is 4.17. The normalized spacial score (nSPS) is 17.0. The van der Waals surface area contributed by atoms with Crippen LogP contribution in [0.25, 0.3) is 11.2 Å². The van der Waals surface area contributed by atoms with Crippen molar-refractivity contribution in [1.29, 1.82) is 0 Å². The Balaban J connectivity index is 1.31. The number of aromatic nitrogens is 4. The summed E-state index contributed by atoms with van der Waals surface area (Å²) in [7, 11) is 0. The first kappa shape index (κ1) is 20.9. The molecule has 1 N–H and O–H groups in total. The van der Waals surface area contributed by atoms with Gasteiger partial charge in [-0.3, -0.25) is 4.79 Å². The van der Waals surface area contributed by atoms with Gasteiger partial charge >= 0.3 is 0 Å². The molecule has 0 saturated carbocycles. The number of hydrogen-bond acceptors (Lipinski definition) is 5. The maximum atomic E-state index is 13.1. The van der Waals surface area contributed by atoms with Crippen LogP contribution in [0.5, 0.6) is 0 Å². The molecule has 32 heavy (non-hydrogen) atoms. The Morgan fingerprint density at radius 1 is 1.00 bits per heavy atom. The largest absolute Gasteiger partial charge is 0.357 e. The van der Waals surface area contributed by atoms with Gasteiger partial charge in [0, 0.05) is 44.5 Å². The van der Waals surface area contributed by atoms with E-state index in [0.717, 1.165) is 73.0 Å². The van der Waals surface area contributed by atoms with Crippen LogP contribution in [0.4, 0.5) is 5.82 Å². The maximum Gasteiger partial charge on any atom is 0.253 e. The van der Waals surface area contributed by atoms with Crippen LogP contribution in [0.15, 0.2) is 24.4 Å². The van der Waals surface area contributed by atoms with E-state index >= 15 is 0 Å². The van der Waals surface area contributed by atoms with Crippen molar-refractivity contribution >= 4 is 22.9 Å². The van der Waals surface area contributed by atoms with Gasteiger partial charge in [0.05, 0.1) is 5.56 Å². The van der Waals surface area contributed by atoms with E-state index in [4.69, 9.17) is 9.97 Å². The molecular weight excluding hydrogens is 400 g/mol. The first-order valence-corrected chi connectivity index (χ1v) is 12.0. The minimum Gasteiger partial charge on any atom is -0.357 e. The van der Waals surface area contributed by atoms with Gasteiger partial charge < -0.3 is 14.8 Å². The number of hydrogen-bond donors (Lipinski definition) is 1. The van der Waals surface area contributed by atoms with Crippen LogP contribution < -0.4 is 10.2 Å². The van der Waals surface area contributed by atoms with Crippen molar-refractivity contribution in [2.75, 3.05) is 18.0 Å². The Bertz CT molecular complexity index is 1100. The summed E-state index contributed by atoms with van der Waals surface area (Å²) >= 11 is 0. The lowest BCUT2D eigenvalue weighted by Gasteiger charge is -2.21. The second-order valence-corrected chi connectivity index (χ2v) is 9.08. The number of amides is 1. The fourth-order valence-corrected chi connectivity index (χ4v) is 4.87. The van der Waals surface area contributed by atoms with E-state index in [0.29, 0.717) is 12.1 Å². The van der Waals surface area contributed by atoms with Gasteiger partial charge in [-0.2, -0.15) is 0 Å². The Labute approximate surface area is 189 Å². The molecule has 2 aliphatic rings. The van der Waals surface area contributed by atoms with E-state index in [1.807, 2.05) is 19.2 Å². The molecule has 0 spiro atoms. The number of pyridine rings is 2. The van der Waals surface area contributed by atoms with Gasteiger partial charge in [-0.25, -0.2) is 15.0 Å². The fourth-order valence-electron chi connectivity index (χ4n) is 4.87. The summed E-state index contributed by atoms with van der Waals surface area (Å²) in [6.07, 6.45) is 11.4. The van der Waals surface area contributed by atoms with Crippen LogP contribution in [0.3, 0.4) is 0 Å². The predicted molar refractivity (Wildman–Crippen MR) is 126 cm³/mol. The summed E-state index contributed by atoms with van der Waals surface area (Å²) in [6, 6.07) is 6.00. The van der Waals surface area contributed by atoms with E-state index < -0.39 is 0 Å². The first-order chi connectivity index (χ1) is 15.7. The monoisotopic (exact) mass is 432 g/mol. The molecule has 1 saturated heterocycles. The van der Waals surface area contributed by atoms with Gasteiger partial charge in [0.15, 0.2) is 5.65 Å². The minimum atomic E-state index is -0.106. The van der Waals surface area contributed by atoms with Crippen LogP contribution in [0, 0.1) is 6.92 Å². The first-order valence-electron chi connectivity index (χ1n) is 12.0. The number of fused-ring (bicyclic) bond motifs is 3. The molecule has 7 nitrogen and oxygen atoms in total. The molecule has 0 unspecified atom stereocenters. The number of imidazole rings is 1. The van der Waals surface area contributed by atoms with E-state index in [1.54, 1.807) is 0 Å². The lowest BCUT2D eigenvalue weighted by atomic mass is 10.1. The van der Waals surface area contributed by atoms with Crippen LogP contribution in [-0.2, 0) is 19.5 Å². The molecule has 168 valence electrons. The average molecular weight is 433 g/mol. The molecule has 0 radical (unpaired) electrons. The highest BCUT2D eigenvalue weighted by atomic mass is 16.1. The summed E-state index contributed by atoms with van der Waals surface area (Å²) in [5.41, 5.74) is 4.02. The molecule has 0 bridgehead atoms. The van der Waals surface area contributed by atoms with Crippen LogP contribution in [-0.4, -0.2) is 38.5 Å². The van der Waals surface area contributed by atoms with Gasteiger partial charge in [0.1, 0.15) is 17.2 Å². The molecule has 1 fully saturated rings. The summed E-state index contributed by atoms with van der Waals surface area (Å²) < 4.78 is 2.21. The SMILES string of the molecule is Cc1cc(C(=O)NCc2ccc(N3CCCCCC3)nc2)c2nc3n(c2n1)CCCCC3. The van der Waals surface area contributed by atoms with E-state index in [9.17, 15) is 4.79 Å². The highest BCUT2D eigenvalue weighted by Crippen LogP contribution is 2.24. The third-order valence-corrected chi connectivity index (χ3v) is 6.63. The number of carbonyl (C=O) groups is 1. The molecular formula is C25H32N6O. The standard InChI is InChI=1S/C25H32N6O/c1-18-15-20(23-24(28-18)31-14-8-4-5-9-22(31)29-23)25(32)27-17-19-10-11-21(26-16-19)30-12-6-2-3-7-13-30/h10-11,15-16H,2-9,12-14,17H2,1H3,(H,27,32). The number of aryl methyl sites for hydroxylation is 3. The van der Waals surface area contributed by atoms with Crippen molar-refractivity contribution in [3.8, 4) is 0 Å². The van der Waals surface area contributed by atoms with Crippen LogP contribution in [0.2, 0.25) is 0 Å². The van der Waals surface area contributed by atoms with Crippen molar-refractivity contribution < 1.29 is 4.79 Å². The molecule has 2 aliphatic heterocycles. The molecule has 0 atom stereocenters. The van der Waals surface area contributed by atoms with E-state index in [2.05, 4.69) is 31.9 Å². The van der Waals surface area contributed by atoms with Gasteiger partial charge in [-0.15, -0.1) is 0 Å². The van der Waals surface area contributed by atoms with E-state index in [-0.39, 0.29) is 5.91 Å². The van der Waals surface area contributed by atoms with Gasteiger partial charge in [0.2, 0.25) is 0 Å². The zero-order valence-electron chi connectivity index (χ0n) is 18.9. The van der Waals surface area contributed by atoms with E-state index in [1.165, 1.54) is 32.1 Å².